The molecule has 3 nitrogen and oxygen atoms in total. The van der Waals surface area contributed by atoms with Crippen molar-refractivity contribution in [2.24, 2.45) is 0 Å². The van der Waals surface area contributed by atoms with Crippen LogP contribution in [0.5, 0.6) is 0 Å². The lowest BCUT2D eigenvalue weighted by Crippen LogP contribution is -2.09. The van der Waals surface area contributed by atoms with Crippen LogP contribution in [0.3, 0.4) is 0 Å². The average molecular weight is 140 g/mol. The van der Waals surface area contributed by atoms with Crippen LogP contribution in [0.15, 0.2) is 18.5 Å². The number of nitrogens with zero attached hydrogens (tertiary/aromatic N) is 2. The largest absolute Gasteiger partial charge is 0.360 e. The van der Waals surface area contributed by atoms with Crippen LogP contribution in [0, 0.1) is 0 Å². The number of rotatable bonds is 3. The van der Waals surface area contributed by atoms with Gasteiger partial charge in [-0.1, -0.05) is 6.92 Å². The zero-order valence-electron chi connectivity index (χ0n) is 6.32. The Balaban J connectivity index is 2.64. The monoisotopic (exact) mass is 140 g/mol. The van der Waals surface area contributed by atoms with Crippen LogP contribution in [0.2, 0.25) is 0 Å². The van der Waals surface area contributed by atoms with Gasteiger partial charge in [0.05, 0.1) is 0 Å². The minimum atomic E-state index is 0.0926. The van der Waals surface area contributed by atoms with E-state index in [0.29, 0.717) is 0 Å². The second kappa shape index (κ2) is 3.37. The molecule has 1 atom stereocenters. The van der Waals surface area contributed by atoms with E-state index >= 15 is 0 Å². The molecule has 0 saturated carbocycles. The summed E-state index contributed by atoms with van der Waals surface area (Å²) < 4.78 is 6.95. The van der Waals surface area contributed by atoms with Crippen LogP contribution >= 0.6 is 0 Å². The summed E-state index contributed by atoms with van der Waals surface area (Å²) >= 11 is 0. The van der Waals surface area contributed by atoms with Gasteiger partial charge < -0.3 is 4.74 Å². The maximum atomic E-state index is 5.14. The molecule has 0 radical (unpaired) electrons. The predicted molar refractivity (Wildman–Crippen MR) is 38.6 cm³/mol. The summed E-state index contributed by atoms with van der Waals surface area (Å²) in [5.74, 6) is 0. The third-order valence-electron chi connectivity index (χ3n) is 1.44. The first-order chi connectivity index (χ1) is 4.88. The topological polar surface area (TPSA) is 27.1 Å². The third kappa shape index (κ3) is 1.36. The van der Waals surface area contributed by atoms with Gasteiger partial charge in [0.15, 0.2) is 0 Å². The van der Waals surface area contributed by atoms with Gasteiger partial charge in [-0.2, -0.15) is 5.10 Å². The molecule has 0 bridgehead atoms. The van der Waals surface area contributed by atoms with E-state index in [0.717, 1.165) is 6.42 Å². The zero-order chi connectivity index (χ0) is 7.40. The number of aromatic nitrogens is 2. The number of hydrogen-bond acceptors (Lipinski definition) is 2. The molecule has 1 heterocycles. The fourth-order valence-electron chi connectivity index (χ4n) is 0.913. The SMILES string of the molecule is CCC(OC)n1cccn1. The summed E-state index contributed by atoms with van der Waals surface area (Å²) in [6.07, 6.45) is 4.69. The Bertz CT molecular complexity index is 168. The zero-order valence-corrected chi connectivity index (χ0v) is 6.32. The van der Waals surface area contributed by atoms with Crippen molar-refractivity contribution in [1.29, 1.82) is 0 Å². The lowest BCUT2D eigenvalue weighted by molar-refractivity contribution is 0.0309. The van der Waals surface area contributed by atoms with Crippen LogP contribution in [-0.2, 0) is 4.74 Å². The molecule has 0 aromatic carbocycles. The molecule has 56 valence electrons. The molecule has 10 heavy (non-hydrogen) atoms. The van der Waals surface area contributed by atoms with E-state index in [2.05, 4.69) is 12.0 Å². The van der Waals surface area contributed by atoms with E-state index in [1.807, 2.05) is 12.3 Å². The summed E-state index contributed by atoms with van der Waals surface area (Å²) in [6, 6.07) is 1.89. The highest BCUT2D eigenvalue weighted by atomic mass is 16.5. The molecular formula is C7H12N2O. The molecule has 1 aromatic heterocycles. The first-order valence-electron chi connectivity index (χ1n) is 3.40. The van der Waals surface area contributed by atoms with Gasteiger partial charge in [0, 0.05) is 19.5 Å². The Morgan fingerprint density at radius 3 is 2.90 bits per heavy atom. The fourth-order valence-corrected chi connectivity index (χ4v) is 0.913. The smallest absolute Gasteiger partial charge is 0.149 e. The van der Waals surface area contributed by atoms with Gasteiger partial charge in [-0.15, -0.1) is 0 Å². The molecule has 0 aliphatic rings. The summed E-state index contributed by atoms with van der Waals surface area (Å²) in [6.45, 7) is 2.07. The average Bonchev–Trinajstić information content (AvgIpc) is 2.43. The van der Waals surface area contributed by atoms with Gasteiger partial charge in [0.1, 0.15) is 6.23 Å². The minimum absolute atomic E-state index is 0.0926. The van der Waals surface area contributed by atoms with Crippen LogP contribution in [-0.4, -0.2) is 16.9 Å². The van der Waals surface area contributed by atoms with Crippen molar-refractivity contribution in [2.75, 3.05) is 7.11 Å². The highest BCUT2D eigenvalue weighted by Gasteiger charge is 2.03. The first-order valence-corrected chi connectivity index (χ1v) is 3.40. The molecule has 0 aliphatic heterocycles. The molecule has 1 rings (SSSR count). The van der Waals surface area contributed by atoms with Crippen molar-refractivity contribution in [3.05, 3.63) is 18.5 Å². The Labute approximate surface area is 60.6 Å². The van der Waals surface area contributed by atoms with Gasteiger partial charge in [0.2, 0.25) is 0 Å². The van der Waals surface area contributed by atoms with Crippen molar-refractivity contribution >= 4 is 0 Å². The molecule has 3 heteroatoms. The van der Waals surface area contributed by atoms with Crippen molar-refractivity contribution in [2.45, 2.75) is 19.6 Å². The van der Waals surface area contributed by atoms with Gasteiger partial charge >= 0.3 is 0 Å². The molecule has 0 N–H and O–H groups in total. The number of methoxy groups -OCH3 is 1. The second-order valence-electron chi connectivity index (χ2n) is 2.08. The van der Waals surface area contributed by atoms with Crippen molar-refractivity contribution in [3.8, 4) is 0 Å². The van der Waals surface area contributed by atoms with E-state index in [-0.39, 0.29) is 6.23 Å². The maximum Gasteiger partial charge on any atom is 0.149 e. The maximum absolute atomic E-state index is 5.14. The quantitative estimate of drug-likeness (QED) is 0.635. The molecular weight excluding hydrogens is 128 g/mol. The fraction of sp³-hybridized carbons (Fsp3) is 0.571. The highest BCUT2D eigenvalue weighted by molar-refractivity contribution is 4.78. The van der Waals surface area contributed by atoms with Crippen LogP contribution < -0.4 is 0 Å². The lowest BCUT2D eigenvalue weighted by atomic mass is 10.4. The summed E-state index contributed by atoms with van der Waals surface area (Å²) in [4.78, 5) is 0. The Morgan fingerprint density at radius 2 is 2.50 bits per heavy atom. The van der Waals surface area contributed by atoms with Gasteiger partial charge in [-0.25, -0.2) is 4.68 Å². The standard InChI is InChI=1S/C7H12N2O/c1-3-7(10-2)9-6-4-5-8-9/h4-7H,3H2,1-2H3. The van der Waals surface area contributed by atoms with Crippen molar-refractivity contribution in [1.82, 2.24) is 9.78 Å². The summed E-state index contributed by atoms with van der Waals surface area (Å²) in [5, 5.41) is 4.05. The van der Waals surface area contributed by atoms with E-state index < -0.39 is 0 Å². The van der Waals surface area contributed by atoms with E-state index in [1.54, 1.807) is 18.0 Å². The summed E-state index contributed by atoms with van der Waals surface area (Å²) in [5.41, 5.74) is 0. The molecule has 0 amide bonds. The lowest BCUT2D eigenvalue weighted by Gasteiger charge is -2.12. The number of hydrogen-bond donors (Lipinski definition) is 0. The second-order valence-corrected chi connectivity index (χ2v) is 2.08. The summed E-state index contributed by atoms with van der Waals surface area (Å²) in [7, 11) is 1.69. The van der Waals surface area contributed by atoms with Gasteiger partial charge in [-0.3, -0.25) is 0 Å². The van der Waals surface area contributed by atoms with Crippen molar-refractivity contribution < 1.29 is 4.74 Å². The van der Waals surface area contributed by atoms with Crippen LogP contribution in [0.1, 0.15) is 19.6 Å². The third-order valence-corrected chi connectivity index (χ3v) is 1.44. The van der Waals surface area contributed by atoms with E-state index in [1.165, 1.54) is 0 Å². The normalized spacial score (nSPS) is 13.4. The van der Waals surface area contributed by atoms with Crippen LogP contribution in [0.25, 0.3) is 0 Å². The van der Waals surface area contributed by atoms with E-state index in [4.69, 9.17) is 4.74 Å². The number of ether oxygens (including phenoxy) is 1. The molecule has 1 unspecified atom stereocenters. The van der Waals surface area contributed by atoms with Crippen molar-refractivity contribution in [3.63, 3.8) is 0 Å². The molecule has 0 fully saturated rings. The highest BCUT2D eigenvalue weighted by Crippen LogP contribution is 2.08. The predicted octanol–water partition coefficient (Wildman–Crippen LogP) is 1.44. The minimum Gasteiger partial charge on any atom is -0.360 e. The molecule has 0 saturated heterocycles. The Kier molecular flexibility index (Phi) is 2.45. The Hall–Kier alpha value is -0.830. The first kappa shape index (κ1) is 7.28. The van der Waals surface area contributed by atoms with E-state index in [9.17, 15) is 0 Å². The molecule has 1 aromatic rings. The molecule has 0 aliphatic carbocycles. The van der Waals surface area contributed by atoms with Crippen LogP contribution in [0.4, 0.5) is 0 Å². The molecule has 0 spiro atoms. The van der Waals surface area contributed by atoms with Gasteiger partial charge in [0.25, 0.3) is 0 Å². The Morgan fingerprint density at radius 1 is 1.70 bits per heavy atom. The van der Waals surface area contributed by atoms with Gasteiger partial charge in [-0.05, 0) is 12.5 Å².